The number of carbonyl (C=O) groups excluding carboxylic acids is 1. The van der Waals surface area contributed by atoms with Crippen molar-refractivity contribution in [2.75, 3.05) is 12.8 Å². The van der Waals surface area contributed by atoms with Crippen LogP contribution in [0.4, 0.5) is 0 Å². The topological polar surface area (TPSA) is 51.0 Å². The molecule has 3 aromatic heterocycles. The third-order valence-electron chi connectivity index (χ3n) is 3.52. The third kappa shape index (κ3) is 3.88. The second-order valence-corrected chi connectivity index (χ2v) is 7.87. The van der Waals surface area contributed by atoms with Gasteiger partial charge < -0.3 is 9.47 Å². The van der Waals surface area contributed by atoms with Gasteiger partial charge in [0, 0.05) is 20.1 Å². The molecule has 5 nitrogen and oxygen atoms in total. The average molecular weight is 379 g/mol. The highest BCUT2D eigenvalue weighted by atomic mass is 32.2. The molecule has 3 rings (SSSR count). The molecule has 24 heavy (non-hydrogen) atoms. The van der Waals surface area contributed by atoms with E-state index in [0.29, 0.717) is 12.3 Å². The van der Waals surface area contributed by atoms with Crippen LogP contribution in [0.15, 0.2) is 39.5 Å². The zero-order valence-corrected chi connectivity index (χ0v) is 16.0. The summed E-state index contributed by atoms with van der Waals surface area (Å²) in [7, 11) is 1.84. The summed E-state index contributed by atoms with van der Waals surface area (Å²) < 4.78 is 2.06. The lowest BCUT2D eigenvalue weighted by molar-refractivity contribution is -0.127. The van der Waals surface area contributed by atoms with E-state index in [1.807, 2.05) is 36.0 Å². The molecule has 0 aromatic carbocycles. The van der Waals surface area contributed by atoms with Crippen LogP contribution in [0.3, 0.4) is 0 Å². The highest BCUT2D eigenvalue weighted by molar-refractivity contribution is 7.99. The summed E-state index contributed by atoms with van der Waals surface area (Å²) in [5, 5.41) is 15.5. The third-order valence-corrected chi connectivity index (χ3v) is 6.07. The second-order valence-electron chi connectivity index (χ2n) is 5.20. The van der Waals surface area contributed by atoms with Crippen LogP contribution in [0.2, 0.25) is 0 Å². The fourth-order valence-electron chi connectivity index (χ4n) is 2.25. The Kier molecular flexibility index (Phi) is 5.70. The predicted octanol–water partition coefficient (Wildman–Crippen LogP) is 3.84. The molecule has 0 aliphatic heterocycles. The van der Waals surface area contributed by atoms with E-state index in [9.17, 15) is 4.79 Å². The number of thioether (sulfide) groups is 1. The maximum Gasteiger partial charge on any atom is 0.233 e. The van der Waals surface area contributed by atoms with Crippen molar-refractivity contribution in [1.82, 2.24) is 19.7 Å². The molecular formula is C16H18N4OS3. The first-order chi connectivity index (χ1) is 11.7. The molecule has 0 N–H and O–H groups in total. The number of nitrogens with zero attached hydrogens (tertiary/aromatic N) is 4. The van der Waals surface area contributed by atoms with Crippen molar-refractivity contribution in [3.05, 3.63) is 39.9 Å². The van der Waals surface area contributed by atoms with E-state index < -0.39 is 0 Å². The molecule has 0 radical (unpaired) electrons. The van der Waals surface area contributed by atoms with Gasteiger partial charge in [0.1, 0.15) is 0 Å². The van der Waals surface area contributed by atoms with Crippen molar-refractivity contribution in [2.24, 2.45) is 0 Å². The first kappa shape index (κ1) is 17.2. The minimum atomic E-state index is 0.0922. The van der Waals surface area contributed by atoms with Crippen LogP contribution < -0.4 is 0 Å². The van der Waals surface area contributed by atoms with E-state index in [1.165, 1.54) is 11.8 Å². The van der Waals surface area contributed by atoms with Crippen LogP contribution in [-0.2, 0) is 17.9 Å². The molecule has 0 aliphatic carbocycles. The fraction of sp³-hybridized carbons (Fsp3) is 0.312. The van der Waals surface area contributed by atoms with Gasteiger partial charge in [0.25, 0.3) is 0 Å². The molecular weight excluding hydrogens is 360 g/mol. The fourth-order valence-corrected chi connectivity index (χ4v) is 4.57. The van der Waals surface area contributed by atoms with E-state index in [-0.39, 0.29) is 5.91 Å². The van der Waals surface area contributed by atoms with Crippen molar-refractivity contribution in [1.29, 1.82) is 0 Å². The minimum absolute atomic E-state index is 0.0922. The predicted molar refractivity (Wildman–Crippen MR) is 101 cm³/mol. The standard InChI is InChI=1S/C16H18N4OS3/c1-3-20-15(13-5-4-7-23-13)17-18-16(20)24-11-14(21)19(2)9-12-6-8-22-10-12/h4-8,10H,3,9,11H2,1-2H3. The van der Waals surface area contributed by atoms with Crippen LogP contribution in [0.1, 0.15) is 12.5 Å². The molecule has 0 fully saturated rings. The molecule has 0 spiro atoms. The average Bonchev–Trinajstić information content (AvgIpc) is 3.32. The summed E-state index contributed by atoms with van der Waals surface area (Å²) in [6.07, 6.45) is 0. The van der Waals surface area contributed by atoms with E-state index in [4.69, 9.17) is 0 Å². The van der Waals surface area contributed by atoms with Gasteiger partial charge in [-0.1, -0.05) is 17.8 Å². The molecule has 8 heteroatoms. The lowest BCUT2D eigenvalue weighted by Crippen LogP contribution is -2.27. The number of hydrogen-bond acceptors (Lipinski definition) is 6. The quantitative estimate of drug-likeness (QED) is 0.586. The van der Waals surface area contributed by atoms with E-state index in [0.717, 1.165) is 28.0 Å². The van der Waals surface area contributed by atoms with E-state index in [2.05, 4.69) is 27.1 Å². The van der Waals surface area contributed by atoms with Crippen molar-refractivity contribution in [2.45, 2.75) is 25.2 Å². The summed E-state index contributed by atoms with van der Waals surface area (Å²) >= 11 is 4.73. The highest BCUT2D eigenvalue weighted by Gasteiger charge is 2.16. The maximum absolute atomic E-state index is 12.3. The molecule has 0 bridgehead atoms. The Balaban J connectivity index is 1.63. The van der Waals surface area contributed by atoms with E-state index in [1.54, 1.807) is 27.6 Å². The number of carbonyl (C=O) groups is 1. The first-order valence-electron chi connectivity index (χ1n) is 7.54. The zero-order valence-electron chi connectivity index (χ0n) is 13.5. The van der Waals surface area contributed by atoms with Crippen molar-refractivity contribution < 1.29 is 4.79 Å². The minimum Gasteiger partial charge on any atom is -0.341 e. The van der Waals surface area contributed by atoms with Gasteiger partial charge in [-0.15, -0.1) is 21.5 Å². The molecule has 0 atom stereocenters. The first-order valence-corrected chi connectivity index (χ1v) is 10.3. The Bertz CT molecular complexity index is 780. The molecule has 3 heterocycles. The Morgan fingerprint density at radius 3 is 2.88 bits per heavy atom. The SMILES string of the molecule is CCn1c(SCC(=O)N(C)Cc2ccsc2)nnc1-c1cccs1. The summed E-state index contributed by atoms with van der Waals surface area (Å²) in [6.45, 7) is 3.49. The van der Waals surface area contributed by atoms with Crippen LogP contribution in [0, 0.1) is 0 Å². The van der Waals surface area contributed by atoms with Crippen LogP contribution in [0.25, 0.3) is 10.7 Å². The van der Waals surface area contributed by atoms with Crippen molar-refractivity contribution >= 4 is 40.3 Å². The Hall–Kier alpha value is -1.64. The summed E-state index contributed by atoms with van der Waals surface area (Å²) in [6, 6.07) is 6.09. The molecule has 3 aromatic rings. The Labute approximate surface area is 153 Å². The van der Waals surface area contributed by atoms with Gasteiger partial charge in [0.15, 0.2) is 11.0 Å². The monoisotopic (exact) mass is 378 g/mol. The molecule has 0 saturated heterocycles. The smallest absolute Gasteiger partial charge is 0.233 e. The van der Waals surface area contributed by atoms with E-state index >= 15 is 0 Å². The molecule has 126 valence electrons. The van der Waals surface area contributed by atoms with Crippen molar-refractivity contribution in [3.63, 3.8) is 0 Å². The molecule has 0 unspecified atom stereocenters. The summed E-state index contributed by atoms with van der Waals surface area (Å²) in [5.41, 5.74) is 1.16. The normalized spacial score (nSPS) is 10.9. The molecule has 0 aliphatic rings. The van der Waals surface area contributed by atoms with Crippen molar-refractivity contribution in [3.8, 4) is 10.7 Å². The molecule has 0 saturated carbocycles. The van der Waals surface area contributed by atoms with Crippen LogP contribution in [-0.4, -0.2) is 38.4 Å². The Morgan fingerprint density at radius 2 is 2.21 bits per heavy atom. The number of hydrogen-bond donors (Lipinski definition) is 0. The van der Waals surface area contributed by atoms with Gasteiger partial charge in [0.05, 0.1) is 10.6 Å². The number of thiophene rings is 2. The Morgan fingerprint density at radius 1 is 1.33 bits per heavy atom. The number of aromatic nitrogens is 3. The summed E-state index contributed by atoms with van der Waals surface area (Å²) in [4.78, 5) is 15.2. The zero-order chi connectivity index (χ0) is 16.9. The lowest BCUT2D eigenvalue weighted by atomic mass is 10.3. The van der Waals surface area contributed by atoms with Gasteiger partial charge >= 0.3 is 0 Å². The molecule has 1 amide bonds. The largest absolute Gasteiger partial charge is 0.341 e. The van der Waals surface area contributed by atoms with Crippen LogP contribution >= 0.6 is 34.4 Å². The van der Waals surface area contributed by atoms with Gasteiger partial charge in [-0.3, -0.25) is 4.79 Å². The van der Waals surface area contributed by atoms with Gasteiger partial charge in [-0.25, -0.2) is 0 Å². The highest BCUT2D eigenvalue weighted by Crippen LogP contribution is 2.27. The van der Waals surface area contributed by atoms with Gasteiger partial charge in [-0.05, 0) is 40.8 Å². The summed E-state index contributed by atoms with van der Waals surface area (Å²) in [5.74, 6) is 1.33. The maximum atomic E-state index is 12.3. The lowest BCUT2D eigenvalue weighted by Gasteiger charge is -2.16. The number of rotatable bonds is 7. The second kappa shape index (κ2) is 7.96. The van der Waals surface area contributed by atoms with Gasteiger partial charge in [-0.2, -0.15) is 11.3 Å². The number of amides is 1. The van der Waals surface area contributed by atoms with Crippen LogP contribution in [0.5, 0.6) is 0 Å². The van der Waals surface area contributed by atoms with Gasteiger partial charge in [0.2, 0.25) is 5.91 Å².